The van der Waals surface area contributed by atoms with Gasteiger partial charge in [0.1, 0.15) is 18.3 Å². The molecule has 0 radical (unpaired) electrons. The van der Waals surface area contributed by atoms with Crippen LogP contribution in [0.25, 0.3) is 0 Å². The van der Waals surface area contributed by atoms with Crippen molar-refractivity contribution in [2.45, 2.75) is 31.3 Å². The third kappa shape index (κ3) is 1.29. The Hall–Kier alpha value is -0.160. The number of hydrogen-bond acceptors (Lipinski definition) is 4. The van der Waals surface area contributed by atoms with Crippen molar-refractivity contribution in [3.05, 3.63) is 0 Å². The highest BCUT2D eigenvalue weighted by atomic mass is 16.5. The quantitative estimate of drug-likeness (QED) is 0.422. The largest absolute Gasteiger partial charge is 0.391 e. The fourth-order valence-electron chi connectivity index (χ4n) is 1.05. The Morgan fingerprint density at radius 1 is 1.50 bits per heavy atom. The van der Waals surface area contributed by atoms with Crippen molar-refractivity contribution < 1.29 is 20.1 Å². The standard InChI is InChI=1S/C6H12O4/c1-3(7)6-5(9)4(8)2-10-6/h3-9H,2H2,1H3/t3-,4+,5-,6-/m1/s1. The van der Waals surface area contributed by atoms with Gasteiger partial charge in [0.15, 0.2) is 0 Å². The monoisotopic (exact) mass is 148 g/mol. The molecule has 1 heterocycles. The van der Waals surface area contributed by atoms with Crippen molar-refractivity contribution in [3.8, 4) is 0 Å². The summed E-state index contributed by atoms with van der Waals surface area (Å²) >= 11 is 0. The molecule has 1 rings (SSSR count). The van der Waals surface area contributed by atoms with Crippen LogP contribution in [0.2, 0.25) is 0 Å². The fraction of sp³-hybridized carbons (Fsp3) is 1.00. The summed E-state index contributed by atoms with van der Waals surface area (Å²) in [4.78, 5) is 0. The lowest BCUT2D eigenvalue weighted by atomic mass is 10.1. The van der Waals surface area contributed by atoms with Gasteiger partial charge in [0, 0.05) is 0 Å². The third-order valence-electron chi connectivity index (χ3n) is 1.67. The van der Waals surface area contributed by atoms with Gasteiger partial charge >= 0.3 is 0 Å². The zero-order valence-electron chi connectivity index (χ0n) is 5.77. The van der Waals surface area contributed by atoms with E-state index >= 15 is 0 Å². The van der Waals surface area contributed by atoms with Gasteiger partial charge in [0.2, 0.25) is 0 Å². The van der Waals surface area contributed by atoms with Gasteiger partial charge in [0.25, 0.3) is 0 Å². The van der Waals surface area contributed by atoms with Crippen LogP contribution in [0.5, 0.6) is 0 Å². The van der Waals surface area contributed by atoms with E-state index in [4.69, 9.17) is 20.1 Å². The Kier molecular flexibility index (Phi) is 2.25. The molecule has 0 aromatic carbocycles. The van der Waals surface area contributed by atoms with Gasteiger partial charge in [-0.1, -0.05) is 0 Å². The summed E-state index contributed by atoms with van der Waals surface area (Å²) in [5.41, 5.74) is 0. The molecule has 4 heteroatoms. The molecule has 0 aliphatic carbocycles. The van der Waals surface area contributed by atoms with Crippen LogP contribution in [0.4, 0.5) is 0 Å². The Morgan fingerprint density at radius 3 is 2.30 bits per heavy atom. The van der Waals surface area contributed by atoms with Gasteiger partial charge < -0.3 is 20.1 Å². The molecule has 1 aliphatic heterocycles. The highest BCUT2D eigenvalue weighted by Gasteiger charge is 2.37. The van der Waals surface area contributed by atoms with Crippen LogP contribution in [0.3, 0.4) is 0 Å². The lowest BCUT2D eigenvalue weighted by Gasteiger charge is -2.16. The Bertz CT molecular complexity index is 114. The minimum atomic E-state index is -0.944. The van der Waals surface area contributed by atoms with E-state index in [0.717, 1.165) is 0 Å². The first kappa shape index (κ1) is 7.94. The van der Waals surface area contributed by atoms with Crippen LogP contribution < -0.4 is 0 Å². The van der Waals surface area contributed by atoms with Crippen molar-refractivity contribution in [3.63, 3.8) is 0 Å². The van der Waals surface area contributed by atoms with Gasteiger partial charge in [0.05, 0.1) is 12.7 Å². The van der Waals surface area contributed by atoms with Crippen LogP contribution >= 0.6 is 0 Å². The Balaban J connectivity index is 2.49. The van der Waals surface area contributed by atoms with Gasteiger partial charge in [-0.25, -0.2) is 0 Å². The summed E-state index contributed by atoms with van der Waals surface area (Å²) in [5.74, 6) is 0. The maximum absolute atomic E-state index is 9.09. The number of aliphatic hydroxyl groups excluding tert-OH is 3. The van der Waals surface area contributed by atoms with Gasteiger partial charge in [-0.2, -0.15) is 0 Å². The first-order chi connectivity index (χ1) is 4.63. The molecule has 4 nitrogen and oxygen atoms in total. The van der Waals surface area contributed by atoms with Crippen LogP contribution in [0.1, 0.15) is 6.92 Å². The van der Waals surface area contributed by atoms with E-state index < -0.39 is 24.4 Å². The summed E-state index contributed by atoms with van der Waals surface area (Å²) in [5, 5.41) is 27.0. The van der Waals surface area contributed by atoms with Gasteiger partial charge in [-0.05, 0) is 6.92 Å². The summed E-state index contributed by atoms with van der Waals surface area (Å²) in [6.07, 6.45) is -3.15. The number of rotatable bonds is 1. The summed E-state index contributed by atoms with van der Waals surface area (Å²) in [6, 6.07) is 0. The van der Waals surface area contributed by atoms with Crippen molar-refractivity contribution >= 4 is 0 Å². The second-order valence-electron chi connectivity index (χ2n) is 2.60. The molecule has 0 unspecified atom stereocenters. The molecule has 3 N–H and O–H groups in total. The fourth-order valence-corrected chi connectivity index (χ4v) is 1.05. The van der Waals surface area contributed by atoms with E-state index in [0.29, 0.717) is 0 Å². The molecule has 0 bridgehead atoms. The van der Waals surface area contributed by atoms with Crippen molar-refractivity contribution in [1.29, 1.82) is 0 Å². The van der Waals surface area contributed by atoms with E-state index in [-0.39, 0.29) is 6.61 Å². The van der Waals surface area contributed by atoms with E-state index in [1.54, 1.807) is 0 Å². The maximum atomic E-state index is 9.09. The smallest absolute Gasteiger partial charge is 0.112 e. The van der Waals surface area contributed by atoms with Crippen molar-refractivity contribution in [2.24, 2.45) is 0 Å². The molecule has 1 fully saturated rings. The lowest BCUT2D eigenvalue weighted by molar-refractivity contribution is -0.0429. The van der Waals surface area contributed by atoms with E-state index in [1.807, 2.05) is 0 Å². The molecule has 1 aliphatic rings. The SMILES string of the molecule is C[C@@H](O)[C@H]1OC[C@H](O)[C@H]1O. The minimum absolute atomic E-state index is 0.108. The first-order valence-electron chi connectivity index (χ1n) is 3.28. The first-order valence-corrected chi connectivity index (χ1v) is 3.28. The maximum Gasteiger partial charge on any atom is 0.112 e. The molecule has 0 amide bonds. The zero-order chi connectivity index (χ0) is 7.72. The normalized spacial score (nSPS) is 43.8. The van der Waals surface area contributed by atoms with E-state index in [2.05, 4.69) is 0 Å². The predicted molar refractivity (Wildman–Crippen MR) is 33.4 cm³/mol. The number of ether oxygens (including phenoxy) is 1. The lowest BCUT2D eigenvalue weighted by Crippen LogP contribution is -2.36. The highest BCUT2D eigenvalue weighted by molar-refractivity contribution is 4.85. The molecule has 0 spiro atoms. The average molecular weight is 148 g/mol. The molecular weight excluding hydrogens is 136 g/mol. The minimum Gasteiger partial charge on any atom is -0.391 e. The van der Waals surface area contributed by atoms with Gasteiger partial charge in [-0.15, -0.1) is 0 Å². The molecule has 0 aromatic heterocycles. The van der Waals surface area contributed by atoms with Crippen LogP contribution in [0.15, 0.2) is 0 Å². The molecule has 0 aromatic rings. The predicted octanol–water partition coefficient (Wildman–Crippen LogP) is -1.51. The number of hydrogen-bond donors (Lipinski definition) is 3. The van der Waals surface area contributed by atoms with E-state index in [1.165, 1.54) is 6.92 Å². The molecule has 60 valence electrons. The van der Waals surface area contributed by atoms with Crippen LogP contribution in [-0.2, 0) is 4.74 Å². The number of aliphatic hydroxyl groups is 3. The highest BCUT2D eigenvalue weighted by Crippen LogP contribution is 2.16. The summed E-state index contributed by atoms with van der Waals surface area (Å²) in [7, 11) is 0. The Labute approximate surface area is 59.1 Å². The Morgan fingerprint density at radius 2 is 2.10 bits per heavy atom. The topological polar surface area (TPSA) is 69.9 Å². The molecule has 1 saturated heterocycles. The van der Waals surface area contributed by atoms with Crippen molar-refractivity contribution in [2.75, 3.05) is 6.61 Å². The molecule has 10 heavy (non-hydrogen) atoms. The summed E-state index contributed by atoms with van der Waals surface area (Å²) < 4.78 is 4.89. The third-order valence-corrected chi connectivity index (χ3v) is 1.67. The van der Waals surface area contributed by atoms with Crippen molar-refractivity contribution in [1.82, 2.24) is 0 Å². The molecule has 0 saturated carbocycles. The average Bonchev–Trinajstić information content (AvgIpc) is 2.14. The zero-order valence-corrected chi connectivity index (χ0v) is 5.77. The second kappa shape index (κ2) is 2.84. The second-order valence-corrected chi connectivity index (χ2v) is 2.60. The van der Waals surface area contributed by atoms with Crippen LogP contribution in [0, 0.1) is 0 Å². The molecule has 4 atom stereocenters. The van der Waals surface area contributed by atoms with Crippen LogP contribution in [-0.4, -0.2) is 46.3 Å². The van der Waals surface area contributed by atoms with Gasteiger partial charge in [-0.3, -0.25) is 0 Å². The summed E-state index contributed by atoms with van der Waals surface area (Å²) in [6.45, 7) is 1.63. The van der Waals surface area contributed by atoms with E-state index in [9.17, 15) is 0 Å². The molecular formula is C6H12O4.